The fraction of sp³-hybridized carbons (Fsp3) is 0.333. The number of hydrogen-bond donors (Lipinski definition) is 1. The molecule has 1 unspecified atom stereocenters. The molecule has 96 valence electrons. The molecule has 0 aliphatic carbocycles. The molecule has 1 atom stereocenters. The monoisotopic (exact) mass is 263 g/mol. The molecular weight excluding hydrogens is 245 g/mol. The van der Waals surface area contributed by atoms with E-state index < -0.39 is 0 Å². The number of aryl methyl sites for hydroxylation is 1. The van der Waals surface area contributed by atoms with Crippen molar-refractivity contribution in [1.82, 2.24) is 5.32 Å². The average Bonchev–Trinajstić information content (AvgIpc) is 2.80. The van der Waals surface area contributed by atoms with Crippen LogP contribution in [-0.4, -0.2) is 6.04 Å². The first-order valence-electron chi connectivity index (χ1n) is 6.16. The van der Waals surface area contributed by atoms with E-state index in [1.807, 2.05) is 13.0 Å². The highest BCUT2D eigenvalue weighted by Crippen LogP contribution is 2.13. The van der Waals surface area contributed by atoms with E-state index in [0.29, 0.717) is 6.04 Å². The third-order valence-corrected chi connectivity index (χ3v) is 3.93. The van der Waals surface area contributed by atoms with E-state index in [2.05, 4.69) is 29.8 Å². The molecule has 2 rings (SSSR count). The highest BCUT2D eigenvalue weighted by atomic mass is 32.1. The van der Waals surface area contributed by atoms with E-state index >= 15 is 0 Å². The number of benzene rings is 1. The molecule has 1 heterocycles. The summed E-state index contributed by atoms with van der Waals surface area (Å²) in [5, 5.41) is 5.59. The normalized spacial score (nSPS) is 12.6. The van der Waals surface area contributed by atoms with Crippen LogP contribution in [0, 0.1) is 12.7 Å². The molecular formula is C15H18FNS. The molecule has 0 spiro atoms. The lowest BCUT2D eigenvalue weighted by Crippen LogP contribution is -2.27. The molecule has 0 radical (unpaired) electrons. The van der Waals surface area contributed by atoms with Crippen molar-refractivity contribution >= 4 is 11.3 Å². The van der Waals surface area contributed by atoms with Gasteiger partial charge in [0.2, 0.25) is 0 Å². The van der Waals surface area contributed by atoms with Crippen LogP contribution < -0.4 is 5.32 Å². The maximum absolute atomic E-state index is 13.0. The van der Waals surface area contributed by atoms with Crippen molar-refractivity contribution in [1.29, 1.82) is 0 Å². The Bertz CT molecular complexity index is 493. The maximum Gasteiger partial charge on any atom is 0.123 e. The molecule has 2 aromatic rings. The SMILES string of the molecule is Cc1cc(F)ccc1CNC(C)Cc1cccs1. The molecule has 0 saturated carbocycles. The van der Waals surface area contributed by atoms with Gasteiger partial charge in [-0.1, -0.05) is 12.1 Å². The first kappa shape index (κ1) is 13.2. The van der Waals surface area contributed by atoms with Crippen LogP contribution in [0.3, 0.4) is 0 Å². The summed E-state index contributed by atoms with van der Waals surface area (Å²) in [6, 6.07) is 9.63. The number of halogens is 1. The van der Waals surface area contributed by atoms with Crippen LogP contribution in [0.2, 0.25) is 0 Å². The molecule has 3 heteroatoms. The predicted octanol–water partition coefficient (Wildman–Crippen LogP) is 3.92. The molecule has 1 N–H and O–H groups in total. The third kappa shape index (κ3) is 3.65. The molecule has 0 amide bonds. The summed E-state index contributed by atoms with van der Waals surface area (Å²) in [5.74, 6) is -0.164. The van der Waals surface area contributed by atoms with Gasteiger partial charge in [-0.05, 0) is 55.0 Å². The van der Waals surface area contributed by atoms with Gasteiger partial charge in [-0.25, -0.2) is 4.39 Å². The Balaban J connectivity index is 1.87. The Morgan fingerprint density at radius 2 is 2.17 bits per heavy atom. The van der Waals surface area contributed by atoms with Crippen LogP contribution in [0.5, 0.6) is 0 Å². The Kier molecular flexibility index (Phi) is 4.50. The van der Waals surface area contributed by atoms with Gasteiger partial charge in [0.25, 0.3) is 0 Å². The van der Waals surface area contributed by atoms with Gasteiger partial charge in [0, 0.05) is 17.5 Å². The molecule has 0 aliphatic rings. The van der Waals surface area contributed by atoms with Crippen LogP contribution in [0.15, 0.2) is 35.7 Å². The van der Waals surface area contributed by atoms with Gasteiger partial charge in [0.15, 0.2) is 0 Å². The van der Waals surface area contributed by atoms with Crippen molar-refractivity contribution in [3.63, 3.8) is 0 Å². The maximum atomic E-state index is 13.0. The Labute approximate surface area is 112 Å². The number of rotatable bonds is 5. The van der Waals surface area contributed by atoms with Crippen LogP contribution in [0.1, 0.15) is 22.9 Å². The van der Waals surface area contributed by atoms with E-state index in [4.69, 9.17) is 0 Å². The van der Waals surface area contributed by atoms with Gasteiger partial charge < -0.3 is 5.32 Å². The van der Waals surface area contributed by atoms with E-state index in [1.165, 1.54) is 10.9 Å². The van der Waals surface area contributed by atoms with Crippen LogP contribution in [0.4, 0.5) is 4.39 Å². The lowest BCUT2D eigenvalue weighted by molar-refractivity contribution is 0.546. The van der Waals surface area contributed by atoms with Gasteiger partial charge in [-0.15, -0.1) is 11.3 Å². The van der Waals surface area contributed by atoms with Crippen LogP contribution >= 0.6 is 11.3 Å². The van der Waals surface area contributed by atoms with Gasteiger partial charge in [-0.3, -0.25) is 0 Å². The average molecular weight is 263 g/mol. The second-order valence-electron chi connectivity index (χ2n) is 4.64. The van der Waals surface area contributed by atoms with Crippen LogP contribution in [0.25, 0.3) is 0 Å². The molecule has 1 nitrogen and oxygen atoms in total. The Morgan fingerprint density at radius 3 is 2.83 bits per heavy atom. The summed E-state index contributed by atoms with van der Waals surface area (Å²) < 4.78 is 13.0. The van der Waals surface area contributed by atoms with Gasteiger partial charge >= 0.3 is 0 Å². The molecule has 0 fully saturated rings. The summed E-state index contributed by atoms with van der Waals surface area (Å²) in [5.41, 5.74) is 2.17. The van der Waals surface area contributed by atoms with Crippen LogP contribution in [-0.2, 0) is 13.0 Å². The highest BCUT2D eigenvalue weighted by Gasteiger charge is 2.05. The minimum absolute atomic E-state index is 0.164. The largest absolute Gasteiger partial charge is 0.310 e. The zero-order chi connectivity index (χ0) is 13.0. The first-order chi connectivity index (χ1) is 8.65. The van der Waals surface area contributed by atoms with E-state index in [0.717, 1.165) is 24.1 Å². The van der Waals surface area contributed by atoms with Crippen molar-refractivity contribution < 1.29 is 4.39 Å². The molecule has 1 aromatic heterocycles. The number of thiophene rings is 1. The van der Waals surface area contributed by atoms with E-state index in [-0.39, 0.29) is 5.82 Å². The Morgan fingerprint density at radius 1 is 1.33 bits per heavy atom. The van der Waals surface area contributed by atoms with Crippen molar-refractivity contribution in [2.75, 3.05) is 0 Å². The van der Waals surface area contributed by atoms with Crippen molar-refractivity contribution in [2.24, 2.45) is 0 Å². The van der Waals surface area contributed by atoms with Crippen molar-refractivity contribution in [2.45, 2.75) is 32.9 Å². The summed E-state index contributed by atoms with van der Waals surface area (Å²) in [7, 11) is 0. The third-order valence-electron chi connectivity index (χ3n) is 3.03. The Hall–Kier alpha value is -1.19. The van der Waals surface area contributed by atoms with E-state index in [1.54, 1.807) is 17.4 Å². The molecule has 0 aliphatic heterocycles. The lowest BCUT2D eigenvalue weighted by atomic mass is 10.1. The van der Waals surface area contributed by atoms with E-state index in [9.17, 15) is 4.39 Å². The standard InChI is InChI=1S/C15H18FNS/c1-11-8-14(16)6-5-13(11)10-17-12(2)9-15-4-3-7-18-15/h3-8,12,17H,9-10H2,1-2H3. The lowest BCUT2D eigenvalue weighted by Gasteiger charge is -2.14. The summed E-state index contributed by atoms with van der Waals surface area (Å²) >= 11 is 1.79. The quantitative estimate of drug-likeness (QED) is 0.862. The number of nitrogens with one attached hydrogen (secondary N) is 1. The fourth-order valence-electron chi connectivity index (χ4n) is 1.94. The minimum Gasteiger partial charge on any atom is -0.310 e. The van der Waals surface area contributed by atoms with Gasteiger partial charge in [0.1, 0.15) is 5.82 Å². The van der Waals surface area contributed by atoms with Gasteiger partial charge in [-0.2, -0.15) is 0 Å². The summed E-state index contributed by atoms with van der Waals surface area (Å²) in [6.07, 6.45) is 1.04. The summed E-state index contributed by atoms with van der Waals surface area (Å²) in [6.45, 7) is 4.92. The van der Waals surface area contributed by atoms with Crippen molar-refractivity contribution in [3.8, 4) is 0 Å². The second kappa shape index (κ2) is 6.12. The second-order valence-corrected chi connectivity index (χ2v) is 5.67. The molecule has 0 saturated heterocycles. The zero-order valence-electron chi connectivity index (χ0n) is 10.7. The molecule has 1 aromatic carbocycles. The first-order valence-corrected chi connectivity index (χ1v) is 7.04. The minimum atomic E-state index is -0.164. The van der Waals surface area contributed by atoms with Gasteiger partial charge in [0.05, 0.1) is 0 Å². The molecule has 0 bridgehead atoms. The topological polar surface area (TPSA) is 12.0 Å². The fourth-order valence-corrected chi connectivity index (χ4v) is 2.78. The number of hydrogen-bond acceptors (Lipinski definition) is 2. The highest BCUT2D eigenvalue weighted by molar-refractivity contribution is 7.09. The van der Waals surface area contributed by atoms with Crippen molar-refractivity contribution in [3.05, 3.63) is 57.5 Å². The molecule has 18 heavy (non-hydrogen) atoms. The predicted molar refractivity (Wildman–Crippen MR) is 75.5 cm³/mol. The summed E-state index contributed by atoms with van der Waals surface area (Å²) in [4.78, 5) is 1.39. The smallest absolute Gasteiger partial charge is 0.123 e. The zero-order valence-corrected chi connectivity index (χ0v) is 11.6.